The quantitative estimate of drug-likeness (QED) is 0.864. The zero-order valence-electron chi connectivity index (χ0n) is 11.9. The van der Waals surface area contributed by atoms with Crippen LogP contribution in [0.15, 0.2) is 42.5 Å². The lowest BCUT2D eigenvalue weighted by molar-refractivity contribution is 0.340. The molecule has 2 rings (SSSR count). The van der Waals surface area contributed by atoms with Crippen LogP contribution in [0.4, 0.5) is 4.39 Å². The van der Waals surface area contributed by atoms with Crippen LogP contribution in [0.3, 0.4) is 0 Å². The van der Waals surface area contributed by atoms with Crippen LogP contribution in [0.1, 0.15) is 23.6 Å². The Morgan fingerprint density at radius 3 is 2.50 bits per heavy atom. The minimum Gasteiger partial charge on any atom is -0.494 e. The topological polar surface area (TPSA) is 21.3 Å². The lowest BCUT2D eigenvalue weighted by Gasteiger charge is -2.08. The molecule has 0 saturated carbocycles. The maximum Gasteiger partial charge on any atom is 0.126 e. The number of aryl methyl sites for hydroxylation is 1. The van der Waals surface area contributed by atoms with Crippen molar-refractivity contribution in [1.82, 2.24) is 5.32 Å². The summed E-state index contributed by atoms with van der Waals surface area (Å²) in [6.45, 7) is 5.91. The van der Waals surface area contributed by atoms with Gasteiger partial charge in [0.25, 0.3) is 0 Å². The summed E-state index contributed by atoms with van der Waals surface area (Å²) in [6, 6.07) is 13.2. The smallest absolute Gasteiger partial charge is 0.126 e. The number of hydrogen-bond donors (Lipinski definition) is 1. The van der Waals surface area contributed by atoms with E-state index in [-0.39, 0.29) is 5.82 Å². The van der Waals surface area contributed by atoms with E-state index in [0.717, 1.165) is 24.4 Å². The van der Waals surface area contributed by atoms with Crippen LogP contribution < -0.4 is 10.1 Å². The van der Waals surface area contributed by atoms with Gasteiger partial charge in [0, 0.05) is 13.1 Å². The van der Waals surface area contributed by atoms with Crippen LogP contribution in [0.2, 0.25) is 0 Å². The van der Waals surface area contributed by atoms with E-state index in [1.165, 1.54) is 11.6 Å². The summed E-state index contributed by atoms with van der Waals surface area (Å²) in [5, 5.41) is 3.36. The largest absolute Gasteiger partial charge is 0.494 e. The fraction of sp³-hybridized carbons (Fsp3) is 0.294. The fourth-order valence-electron chi connectivity index (χ4n) is 2.08. The Kier molecular flexibility index (Phi) is 5.13. The molecule has 1 N–H and O–H groups in total. The summed E-state index contributed by atoms with van der Waals surface area (Å²) in [6.07, 6.45) is 0. The van der Waals surface area contributed by atoms with Crippen LogP contribution in [0.25, 0.3) is 0 Å². The first kappa shape index (κ1) is 14.5. The van der Waals surface area contributed by atoms with E-state index in [0.29, 0.717) is 12.2 Å². The molecule has 0 saturated heterocycles. The second-order valence-electron chi connectivity index (χ2n) is 4.77. The third kappa shape index (κ3) is 4.07. The first-order chi connectivity index (χ1) is 9.69. The highest BCUT2D eigenvalue weighted by molar-refractivity contribution is 5.28. The second kappa shape index (κ2) is 7.06. The first-order valence-electron chi connectivity index (χ1n) is 6.86. The maximum atomic E-state index is 13.2. The van der Waals surface area contributed by atoms with Gasteiger partial charge in [-0.05, 0) is 48.7 Å². The number of rotatable bonds is 6. The molecule has 0 atom stereocenters. The molecule has 0 bridgehead atoms. The highest BCUT2D eigenvalue weighted by Crippen LogP contribution is 2.13. The van der Waals surface area contributed by atoms with Crippen LogP contribution in [-0.2, 0) is 13.1 Å². The summed E-state index contributed by atoms with van der Waals surface area (Å²) in [5.74, 6) is 0.739. The van der Waals surface area contributed by atoms with E-state index < -0.39 is 0 Å². The van der Waals surface area contributed by atoms with Crippen LogP contribution in [0, 0.1) is 12.7 Å². The molecule has 0 heterocycles. The van der Waals surface area contributed by atoms with Gasteiger partial charge in [-0.3, -0.25) is 0 Å². The van der Waals surface area contributed by atoms with Crippen molar-refractivity contribution in [3.05, 3.63) is 65.0 Å². The van der Waals surface area contributed by atoms with Gasteiger partial charge in [-0.2, -0.15) is 0 Å². The van der Waals surface area contributed by atoms with Crippen molar-refractivity contribution in [1.29, 1.82) is 0 Å². The maximum absolute atomic E-state index is 13.2. The first-order valence-corrected chi connectivity index (χ1v) is 6.86. The number of nitrogens with one attached hydrogen (secondary N) is 1. The summed E-state index contributed by atoms with van der Waals surface area (Å²) in [5.41, 5.74) is 2.95. The van der Waals surface area contributed by atoms with Crippen molar-refractivity contribution in [2.45, 2.75) is 26.9 Å². The average Bonchev–Trinajstić information content (AvgIpc) is 2.44. The number of ether oxygens (including phenoxy) is 1. The van der Waals surface area contributed by atoms with E-state index in [2.05, 4.69) is 11.4 Å². The molecule has 0 spiro atoms. The Labute approximate surface area is 119 Å². The van der Waals surface area contributed by atoms with E-state index in [9.17, 15) is 4.39 Å². The van der Waals surface area contributed by atoms with Crippen molar-refractivity contribution >= 4 is 0 Å². The van der Waals surface area contributed by atoms with E-state index in [1.807, 2.05) is 37.3 Å². The zero-order valence-corrected chi connectivity index (χ0v) is 11.9. The van der Waals surface area contributed by atoms with Gasteiger partial charge in [0.15, 0.2) is 0 Å². The number of hydrogen-bond acceptors (Lipinski definition) is 2. The lowest BCUT2D eigenvalue weighted by Crippen LogP contribution is -2.13. The predicted molar refractivity (Wildman–Crippen MR) is 79.3 cm³/mol. The molecule has 0 aliphatic carbocycles. The van der Waals surface area contributed by atoms with Crippen LogP contribution in [-0.4, -0.2) is 6.61 Å². The summed E-state index contributed by atoms with van der Waals surface area (Å²) in [4.78, 5) is 0. The Bertz CT molecular complexity index is 569. The molecule has 2 nitrogen and oxygen atoms in total. The van der Waals surface area contributed by atoms with Crippen molar-refractivity contribution in [2.75, 3.05) is 6.61 Å². The van der Waals surface area contributed by atoms with E-state index >= 15 is 0 Å². The van der Waals surface area contributed by atoms with Crippen molar-refractivity contribution in [3.63, 3.8) is 0 Å². The normalized spacial score (nSPS) is 10.6. The molecular formula is C17H20FNO. The minimum absolute atomic E-state index is 0.154. The molecule has 106 valence electrons. The predicted octanol–water partition coefficient (Wildman–Crippen LogP) is 3.82. The van der Waals surface area contributed by atoms with E-state index in [4.69, 9.17) is 4.74 Å². The number of benzene rings is 2. The lowest BCUT2D eigenvalue weighted by atomic mass is 10.1. The van der Waals surface area contributed by atoms with Gasteiger partial charge in [-0.25, -0.2) is 4.39 Å². The van der Waals surface area contributed by atoms with Crippen molar-refractivity contribution < 1.29 is 9.13 Å². The summed E-state index contributed by atoms with van der Waals surface area (Å²) < 4.78 is 18.6. The molecule has 0 fully saturated rings. The SMILES string of the molecule is CCOc1cccc(CNCc2ccc(F)c(C)c2)c1. The van der Waals surface area contributed by atoms with Crippen LogP contribution >= 0.6 is 0 Å². The molecule has 2 aromatic rings. The summed E-state index contributed by atoms with van der Waals surface area (Å²) in [7, 11) is 0. The van der Waals surface area contributed by atoms with Gasteiger partial charge in [0.1, 0.15) is 11.6 Å². The minimum atomic E-state index is -0.154. The monoisotopic (exact) mass is 273 g/mol. The third-order valence-electron chi connectivity index (χ3n) is 3.09. The standard InChI is InChI=1S/C17H20FNO/c1-3-20-16-6-4-5-14(10-16)11-19-12-15-7-8-17(18)13(2)9-15/h4-10,19H,3,11-12H2,1-2H3. The zero-order chi connectivity index (χ0) is 14.4. The highest BCUT2D eigenvalue weighted by Gasteiger charge is 2.00. The van der Waals surface area contributed by atoms with Crippen molar-refractivity contribution in [2.24, 2.45) is 0 Å². The van der Waals surface area contributed by atoms with Gasteiger partial charge >= 0.3 is 0 Å². The third-order valence-corrected chi connectivity index (χ3v) is 3.09. The van der Waals surface area contributed by atoms with Crippen molar-refractivity contribution in [3.8, 4) is 5.75 Å². The second-order valence-corrected chi connectivity index (χ2v) is 4.77. The highest BCUT2D eigenvalue weighted by atomic mass is 19.1. The Balaban J connectivity index is 1.89. The molecular weight excluding hydrogens is 253 g/mol. The van der Waals surface area contributed by atoms with Gasteiger partial charge in [0.2, 0.25) is 0 Å². The molecule has 20 heavy (non-hydrogen) atoms. The van der Waals surface area contributed by atoms with Crippen LogP contribution in [0.5, 0.6) is 5.75 Å². The Morgan fingerprint density at radius 1 is 1.05 bits per heavy atom. The molecule has 0 aromatic heterocycles. The fourth-order valence-corrected chi connectivity index (χ4v) is 2.08. The van der Waals surface area contributed by atoms with Gasteiger partial charge in [-0.15, -0.1) is 0 Å². The molecule has 0 amide bonds. The van der Waals surface area contributed by atoms with Gasteiger partial charge in [0.05, 0.1) is 6.61 Å². The summed E-state index contributed by atoms with van der Waals surface area (Å²) >= 11 is 0. The molecule has 2 aromatic carbocycles. The molecule has 0 aliphatic rings. The Morgan fingerprint density at radius 2 is 1.80 bits per heavy atom. The Hall–Kier alpha value is -1.87. The molecule has 0 aliphatic heterocycles. The molecule has 0 radical (unpaired) electrons. The van der Waals surface area contributed by atoms with E-state index in [1.54, 1.807) is 6.92 Å². The molecule has 3 heteroatoms. The number of halogens is 1. The molecule has 0 unspecified atom stereocenters. The van der Waals surface area contributed by atoms with Gasteiger partial charge < -0.3 is 10.1 Å². The van der Waals surface area contributed by atoms with Gasteiger partial charge in [-0.1, -0.05) is 24.3 Å². The average molecular weight is 273 g/mol.